The number of hydrogen-bond acceptors (Lipinski definition) is 6. The lowest BCUT2D eigenvalue weighted by Gasteiger charge is -2.28. The number of halogens is 1. The number of nitrogens with zero attached hydrogens (tertiary/aromatic N) is 2. The Balaban J connectivity index is 1.68. The Bertz CT molecular complexity index is 1190. The van der Waals surface area contributed by atoms with Gasteiger partial charge in [0.25, 0.3) is 0 Å². The number of sulfonamides is 1. The van der Waals surface area contributed by atoms with Gasteiger partial charge >= 0.3 is 0 Å². The number of aromatic nitrogens is 2. The van der Waals surface area contributed by atoms with Gasteiger partial charge in [0, 0.05) is 17.2 Å². The monoisotopic (exact) mass is 442 g/mol. The third-order valence-corrected chi connectivity index (χ3v) is 6.99. The van der Waals surface area contributed by atoms with E-state index >= 15 is 0 Å². The molecule has 1 aliphatic carbocycles. The summed E-state index contributed by atoms with van der Waals surface area (Å²) in [5.74, 6) is -0.324. The van der Waals surface area contributed by atoms with Gasteiger partial charge in [-0.2, -0.15) is 0 Å². The summed E-state index contributed by atoms with van der Waals surface area (Å²) in [4.78, 5) is 8.04. The maximum Gasteiger partial charge on any atom is 0.241 e. The summed E-state index contributed by atoms with van der Waals surface area (Å²) in [6.45, 7) is 0. The molecule has 0 unspecified atom stereocenters. The number of nitrogens with one attached hydrogen (secondary N) is 1. The van der Waals surface area contributed by atoms with Gasteiger partial charge in [-0.1, -0.05) is 37.1 Å². The summed E-state index contributed by atoms with van der Waals surface area (Å²) in [7, 11) is -3.92. The first-order valence-corrected chi connectivity index (χ1v) is 11.5. The van der Waals surface area contributed by atoms with Crippen LogP contribution in [0.15, 0.2) is 59.8 Å². The van der Waals surface area contributed by atoms with Gasteiger partial charge < -0.3 is 10.8 Å². The van der Waals surface area contributed by atoms with Crippen LogP contribution >= 0.6 is 0 Å². The fourth-order valence-electron chi connectivity index (χ4n) is 3.82. The highest BCUT2D eigenvalue weighted by Gasteiger charge is 2.29. The maximum atomic E-state index is 14.9. The van der Waals surface area contributed by atoms with Crippen LogP contribution < -0.4 is 10.5 Å². The molecule has 0 radical (unpaired) electrons. The van der Waals surface area contributed by atoms with Crippen LogP contribution in [0.25, 0.3) is 22.4 Å². The minimum absolute atomic E-state index is 0.0344. The van der Waals surface area contributed by atoms with Gasteiger partial charge in [-0.25, -0.2) is 22.5 Å². The summed E-state index contributed by atoms with van der Waals surface area (Å²) in [5.41, 5.74) is 6.87. The summed E-state index contributed by atoms with van der Waals surface area (Å²) < 4.78 is 43.7. The van der Waals surface area contributed by atoms with Crippen LogP contribution in [0.3, 0.4) is 0 Å². The predicted molar refractivity (Wildman–Crippen MR) is 116 cm³/mol. The van der Waals surface area contributed by atoms with Gasteiger partial charge in [-0.05, 0) is 36.6 Å². The SMILES string of the molecule is Nc1cnc(-c2ccc(-c3ccccc3S(=O)(=O)N[C@H]3CCCC[C@H]3O)cc2F)cn1. The second-order valence-electron chi connectivity index (χ2n) is 7.60. The second-order valence-corrected chi connectivity index (χ2v) is 9.28. The number of nitrogen functional groups attached to an aromatic ring is 1. The smallest absolute Gasteiger partial charge is 0.241 e. The van der Waals surface area contributed by atoms with E-state index in [-0.39, 0.29) is 16.3 Å². The molecule has 0 bridgehead atoms. The lowest BCUT2D eigenvalue weighted by molar-refractivity contribution is 0.101. The number of benzene rings is 2. The van der Waals surface area contributed by atoms with E-state index in [0.717, 1.165) is 12.8 Å². The van der Waals surface area contributed by atoms with E-state index in [9.17, 15) is 17.9 Å². The van der Waals surface area contributed by atoms with Crippen LogP contribution in [0.4, 0.5) is 10.2 Å². The maximum absolute atomic E-state index is 14.9. The minimum atomic E-state index is -3.92. The zero-order valence-electron chi connectivity index (χ0n) is 16.7. The molecular formula is C22H23FN4O3S. The number of aliphatic hydroxyl groups is 1. The normalized spacial score (nSPS) is 19.3. The molecule has 4 rings (SSSR count). The molecule has 0 amide bonds. The minimum Gasteiger partial charge on any atom is -0.391 e. The fraction of sp³-hybridized carbons (Fsp3) is 0.273. The van der Waals surface area contributed by atoms with Crippen molar-refractivity contribution >= 4 is 15.8 Å². The summed E-state index contributed by atoms with van der Waals surface area (Å²) in [6, 6.07) is 10.3. The van der Waals surface area contributed by atoms with Crippen molar-refractivity contribution in [1.29, 1.82) is 0 Å². The molecule has 1 aliphatic rings. The van der Waals surface area contributed by atoms with E-state index in [1.54, 1.807) is 24.3 Å². The molecule has 0 spiro atoms. The third-order valence-electron chi connectivity index (χ3n) is 5.44. The van der Waals surface area contributed by atoms with Crippen LogP contribution in [-0.4, -0.2) is 35.6 Å². The Morgan fingerprint density at radius 3 is 2.52 bits per heavy atom. The van der Waals surface area contributed by atoms with Gasteiger partial charge in [0.2, 0.25) is 10.0 Å². The van der Waals surface area contributed by atoms with E-state index in [1.165, 1.54) is 30.6 Å². The molecule has 4 N–H and O–H groups in total. The number of anilines is 1. The fourth-order valence-corrected chi connectivity index (χ4v) is 5.35. The molecule has 31 heavy (non-hydrogen) atoms. The van der Waals surface area contributed by atoms with Crippen molar-refractivity contribution in [3.63, 3.8) is 0 Å². The number of hydrogen-bond donors (Lipinski definition) is 3. The summed E-state index contributed by atoms with van der Waals surface area (Å²) in [6.07, 6.45) is 4.88. The number of aliphatic hydroxyl groups excluding tert-OH is 1. The number of nitrogens with two attached hydrogens (primary N) is 1. The summed E-state index contributed by atoms with van der Waals surface area (Å²) in [5, 5.41) is 10.2. The first kappa shape index (κ1) is 21.4. The molecule has 9 heteroatoms. The molecule has 7 nitrogen and oxygen atoms in total. The Labute approximate surface area is 180 Å². The van der Waals surface area contributed by atoms with Crippen LogP contribution in [0.5, 0.6) is 0 Å². The van der Waals surface area contributed by atoms with Crippen LogP contribution in [0.1, 0.15) is 25.7 Å². The summed E-state index contributed by atoms with van der Waals surface area (Å²) >= 11 is 0. The van der Waals surface area contributed by atoms with Crippen molar-refractivity contribution in [2.45, 2.75) is 42.7 Å². The van der Waals surface area contributed by atoms with Crippen LogP contribution in [0, 0.1) is 5.82 Å². The van der Waals surface area contributed by atoms with E-state index in [1.807, 2.05) is 0 Å². The lowest BCUT2D eigenvalue weighted by Crippen LogP contribution is -2.45. The highest BCUT2D eigenvalue weighted by molar-refractivity contribution is 7.89. The highest BCUT2D eigenvalue weighted by Crippen LogP contribution is 2.31. The Hall–Kier alpha value is -2.88. The molecule has 2 aromatic carbocycles. The Morgan fingerprint density at radius 2 is 1.81 bits per heavy atom. The second kappa shape index (κ2) is 8.70. The topological polar surface area (TPSA) is 118 Å². The van der Waals surface area contributed by atoms with Crippen LogP contribution in [0.2, 0.25) is 0 Å². The van der Waals surface area contributed by atoms with Gasteiger partial charge in [0.1, 0.15) is 11.6 Å². The first-order chi connectivity index (χ1) is 14.8. The zero-order valence-corrected chi connectivity index (χ0v) is 17.5. The first-order valence-electron chi connectivity index (χ1n) is 10.0. The van der Waals surface area contributed by atoms with Crippen molar-refractivity contribution in [2.75, 3.05) is 5.73 Å². The average molecular weight is 443 g/mol. The van der Waals surface area contributed by atoms with Gasteiger partial charge in [0.15, 0.2) is 0 Å². The molecule has 1 heterocycles. The highest BCUT2D eigenvalue weighted by atomic mass is 32.2. The Kier molecular flexibility index (Phi) is 5.99. The molecule has 2 atom stereocenters. The van der Waals surface area contributed by atoms with Crippen molar-refractivity contribution in [3.05, 3.63) is 60.7 Å². The van der Waals surface area contributed by atoms with E-state index in [2.05, 4.69) is 14.7 Å². The van der Waals surface area contributed by atoms with Crippen molar-refractivity contribution in [3.8, 4) is 22.4 Å². The lowest BCUT2D eigenvalue weighted by atomic mass is 9.93. The molecule has 162 valence electrons. The molecule has 0 saturated heterocycles. The quantitative estimate of drug-likeness (QED) is 0.559. The van der Waals surface area contributed by atoms with E-state index in [0.29, 0.717) is 29.7 Å². The molecule has 1 aromatic heterocycles. The molecule has 1 saturated carbocycles. The average Bonchev–Trinajstić information content (AvgIpc) is 2.76. The standard InChI is InChI=1S/C22H23FN4O3S/c23-17-11-14(9-10-16(17)19-12-26-22(24)13-25-19)15-5-1-4-8-21(15)31(29,30)27-18-6-2-3-7-20(18)28/h1,4-5,8-13,18,20,27-28H,2-3,6-7H2,(H2,24,26)/t18-,20+/m0/s1. The zero-order chi connectivity index (χ0) is 22.0. The van der Waals surface area contributed by atoms with E-state index < -0.39 is 28.0 Å². The third kappa shape index (κ3) is 4.58. The Morgan fingerprint density at radius 1 is 1.03 bits per heavy atom. The molecule has 1 fully saturated rings. The van der Waals surface area contributed by atoms with Gasteiger partial charge in [0.05, 0.1) is 29.1 Å². The molecule has 3 aromatic rings. The van der Waals surface area contributed by atoms with Gasteiger partial charge in [-0.3, -0.25) is 4.98 Å². The molecule has 0 aliphatic heterocycles. The van der Waals surface area contributed by atoms with Crippen molar-refractivity contribution in [1.82, 2.24) is 14.7 Å². The molecular weight excluding hydrogens is 419 g/mol. The van der Waals surface area contributed by atoms with Gasteiger partial charge in [-0.15, -0.1) is 0 Å². The predicted octanol–water partition coefficient (Wildman–Crippen LogP) is 3.11. The van der Waals surface area contributed by atoms with Crippen molar-refractivity contribution < 1.29 is 17.9 Å². The van der Waals surface area contributed by atoms with Crippen LogP contribution in [-0.2, 0) is 10.0 Å². The van der Waals surface area contributed by atoms with E-state index in [4.69, 9.17) is 5.73 Å². The largest absolute Gasteiger partial charge is 0.391 e. The van der Waals surface area contributed by atoms with Crippen molar-refractivity contribution in [2.24, 2.45) is 0 Å². The number of rotatable bonds is 5.